The fourth-order valence-electron chi connectivity index (χ4n) is 1.44. The molecule has 0 rings (SSSR count). The number of hydrogen-bond acceptors (Lipinski definition) is 6. The summed E-state index contributed by atoms with van der Waals surface area (Å²) in [4.78, 5) is 55.0. The van der Waals surface area contributed by atoms with Crippen molar-refractivity contribution < 1.29 is 39.3 Å². The number of amides is 2. The fourth-order valence-corrected chi connectivity index (χ4v) is 1.44. The Labute approximate surface area is 124 Å². The van der Waals surface area contributed by atoms with Gasteiger partial charge in [-0.05, 0) is 6.42 Å². The number of rotatable bonds is 10. The van der Waals surface area contributed by atoms with Crippen molar-refractivity contribution in [1.82, 2.24) is 10.6 Å². The van der Waals surface area contributed by atoms with Gasteiger partial charge < -0.3 is 31.7 Å². The second-order valence-corrected chi connectivity index (χ2v) is 4.25. The summed E-state index contributed by atoms with van der Waals surface area (Å²) in [7, 11) is 0. The lowest BCUT2D eigenvalue weighted by Crippen LogP contribution is -2.53. The maximum absolute atomic E-state index is 11.9. The number of nitrogens with one attached hydrogen (secondary N) is 2. The lowest BCUT2D eigenvalue weighted by atomic mass is 10.1. The molecule has 2 atom stereocenters. The smallest absolute Gasteiger partial charge is 0.326 e. The first kappa shape index (κ1) is 19.3. The van der Waals surface area contributed by atoms with Gasteiger partial charge in [-0.1, -0.05) is 0 Å². The van der Waals surface area contributed by atoms with Crippen LogP contribution in [0.2, 0.25) is 0 Å². The van der Waals surface area contributed by atoms with Gasteiger partial charge in [0.25, 0.3) is 0 Å². The van der Waals surface area contributed by atoms with Crippen LogP contribution in [0.25, 0.3) is 0 Å². The third-order valence-electron chi connectivity index (χ3n) is 2.48. The molecule has 7 N–H and O–H groups in total. The number of aliphatic carboxylic acids is 3. The Bertz CT molecular complexity index is 464. The molecule has 0 fully saturated rings. The van der Waals surface area contributed by atoms with Crippen LogP contribution in [0, 0.1) is 0 Å². The molecule has 0 saturated heterocycles. The van der Waals surface area contributed by atoms with Crippen molar-refractivity contribution in [2.45, 2.75) is 31.3 Å². The van der Waals surface area contributed by atoms with E-state index in [4.69, 9.17) is 21.1 Å². The lowest BCUT2D eigenvalue weighted by Gasteiger charge is -2.20. The molecular formula is C11H17N3O8. The molecule has 0 radical (unpaired) electrons. The minimum Gasteiger partial charge on any atom is -0.481 e. The van der Waals surface area contributed by atoms with Gasteiger partial charge in [0.15, 0.2) is 0 Å². The lowest BCUT2D eigenvalue weighted by molar-refractivity contribution is -0.147. The van der Waals surface area contributed by atoms with Crippen molar-refractivity contribution in [3.05, 3.63) is 0 Å². The van der Waals surface area contributed by atoms with Crippen LogP contribution in [0.1, 0.15) is 19.3 Å². The zero-order valence-electron chi connectivity index (χ0n) is 11.4. The zero-order valence-corrected chi connectivity index (χ0v) is 11.4. The molecule has 11 heteroatoms. The third kappa shape index (κ3) is 7.79. The Kier molecular flexibility index (Phi) is 8.15. The van der Waals surface area contributed by atoms with Crippen molar-refractivity contribution in [2.24, 2.45) is 5.73 Å². The molecule has 0 aromatic heterocycles. The van der Waals surface area contributed by atoms with E-state index >= 15 is 0 Å². The summed E-state index contributed by atoms with van der Waals surface area (Å²) in [5.74, 6) is -5.98. The summed E-state index contributed by atoms with van der Waals surface area (Å²) in [6.07, 6.45) is -1.62. The molecule has 0 heterocycles. The molecule has 0 unspecified atom stereocenters. The van der Waals surface area contributed by atoms with E-state index < -0.39 is 61.2 Å². The third-order valence-corrected chi connectivity index (χ3v) is 2.48. The van der Waals surface area contributed by atoms with Crippen molar-refractivity contribution in [1.29, 1.82) is 0 Å². The summed E-state index contributed by atoms with van der Waals surface area (Å²) in [6.45, 7) is -0.450. The Balaban J connectivity index is 4.90. The molecule has 0 aromatic rings. The van der Waals surface area contributed by atoms with E-state index in [-0.39, 0.29) is 6.42 Å². The first-order valence-electron chi connectivity index (χ1n) is 6.13. The van der Waals surface area contributed by atoms with E-state index in [0.29, 0.717) is 0 Å². The fraction of sp³-hybridized carbons (Fsp3) is 0.545. The van der Waals surface area contributed by atoms with Gasteiger partial charge in [0.2, 0.25) is 11.8 Å². The van der Waals surface area contributed by atoms with Gasteiger partial charge in [-0.3, -0.25) is 19.2 Å². The molecule has 0 aliphatic rings. The Hall–Kier alpha value is -2.69. The van der Waals surface area contributed by atoms with Gasteiger partial charge in [-0.2, -0.15) is 0 Å². The predicted octanol–water partition coefficient (Wildman–Crippen LogP) is -2.66. The van der Waals surface area contributed by atoms with Crippen molar-refractivity contribution >= 4 is 29.7 Å². The standard InChI is InChI=1S/C11H17N3O8/c12-4-7(15)13-5(1-2-8(16)17)10(20)14-6(11(21)22)3-9(18)19/h5-6H,1-4,12H2,(H,13,15)(H,14,20)(H,16,17)(H,18,19)(H,21,22)/t5-,6-/m0/s1. The highest BCUT2D eigenvalue weighted by Gasteiger charge is 2.28. The molecule has 0 aliphatic carbocycles. The van der Waals surface area contributed by atoms with Crippen LogP contribution in [0.3, 0.4) is 0 Å². The highest BCUT2D eigenvalue weighted by Crippen LogP contribution is 2.01. The number of carboxylic acids is 3. The van der Waals surface area contributed by atoms with E-state index in [0.717, 1.165) is 0 Å². The van der Waals surface area contributed by atoms with Crippen LogP contribution in [-0.4, -0.2) is 63.7 Å². The van der Waals surface area contributed by atoms with E-state index in [2.05, 4.69) is 5.32 Å². The second-order valence-electron chi connectivity index (χ2n) is 4.25. The topological polar surface area (TPSA) is 196 Å². The summed E-state index contributed by atoms with van der Waals surface area (Å²) in [6, 6.07) is -3.03. The van der Waals surface area contributed by atoms with Gasteiger partial charge >= 0.3 is 17.9 Å². The molecule has 22 heavy (non-hydrogen) atoms. The summed E-state index contributed by atoms with van der Waals surface area (Å²) in [5.41, 5.74) is 5.06. The zero-order chi connectivity index (χ0) is 17.3. The van der Waals surface area contributed by atoms with Crippen LogP contribution in [0.15, 0.2) is 0 Å². The average Bonchev–Trinajstić information content (AvgIpc) is 2.41. The second kappa shape index (κ2) is 9.28. The van der Waals surface area contributed by atoms with Crippen molar-refractivity contribution in [3.8, 4) is 0 Å². The van der Waals surface area contributed by atoms with Gasteiger partial charge in [0.05, 0.1) is 13.0 Å². The minimum absolute atomic E-state index is 0.299. The van der Waals surface area contributed by atoms with Gasteiger partial charge in [-0.15, -0.1) is 0 Å². The van der Waals surface area contributed by atoms with Gasteiger partial charge in [-0.25, -0.2) is 4.79 Å². The summed E-state index contributed by atoms with van der Waals surface area (Å²) >= 11 is 0. The highest BCUT2D eigenvalue weighted by molar-refractivity contribution is 5.92. The Morgan fingerprint density at radius 3 is 1.91 bits per heavy atom. The Morgan fingerprint density at radius 1 is 0.909 bits per heavy atom. The number of carbonyl (C=O) groups excluding carboxylic acids is 2. The summed E-state index contributed by atoms with van der Waals surface area (Å²) in [5, 5.41) is 30.0. The molecule has 0 spiro atoms. The molecule has 2 amide bonds. The summed E-state index contributed by atoms with van der Waals surface area (Å²) < 4.78 is 0. The molecule has 124 valence electrons. The number of carbonyl (C=O) groups is 5. The van der Waals surface area contributed by atoms with E-state index in [9.17, 15) is 24.0 Å². The SMILES string of the molecule is NCC(=O)N[C@@H](CCC(=O)O)C(=O)N[C@@H](CC(=O)O)C(=O)O. The highest BCUT2D eigenvalue weighted by atomic mass is 16.4. The Morgan fingerprint density at radius 2 is 1.50 bits per heavy atom. The van der Waals surface area contributed by atoms with Crippen LogP contribution in [0.4, 0.5) is 0 Å². The number of nitrogens with two attached hydrogens (primary N) is 1. The van der Waals surface area contributed by atoms with Crippen LogP contribution < -0.4 is 16.4 Å². The largest absolute Gasteiger partial charge is 0.481 e. The first-order valence-corrected chi connectivity index (χ1v) is 6.13. The quantitative estimate of drug-likeness (QED) is 0.249. The van der Waals surface area contributed by atoms with Crippen molar-refractivity contribution in [2.75, 3.05) is 6.54 Å². The van der Waals surface area contributed by atoms with Crippen molar-refractivity contribution in [3.63, 3.8) is 0 Å². The normalized spacial score (nSPS) is 12.8. The molecule has 0 bridgehead atoms. The van der Waals surface area contributed by atoms with Crippen LogP contribution in [0.5, 0.6) is 0 Å². The first-order chi connectivity index (χ1) is 10.2. The van der Waals surface area contributed by atoms with Crippen LogP contribution in [-0.2, 0) is 24.0 Å². The monoisotopic (exact) mass is 319 g/mol. The van der Waals surface area contributed by atoms with Gasteiger partial charge in [0.1, 0.15) is 12.1 Å². The minimum atomic E-state index is -1.70. The molecule has 0 saturated carbocycles. The van der Waals surface area contributed by atoms with Gasteiger partial charge in [0, 0.05) is 6.42 Å². The molecule has 11 nitrogen and oxygen atoms in total. The molecule has 0 aliphatic heterocycles. The van der Waals surface area contributed by atoms with E-state index in [1.807, 2.05) is 5.32 Å². The maximum Gasteiger partial charge on any atom is 0.326 e. The van der Waals surface area contributed by atoms with E-state index in [1.54, 1.807) is 0 Å². The average molecular weight is 319 g/mol. The number of hydrogen-bond donors (Lipinski definition) is 6. The number of carboxylic acid groups (broad SMARTS) is 3. The molecule has 0 aromatic carbocycles. The van der Waals surface area contributed by atoms with Crippen LogP contribution >= 0.6 is 0 Å². The predicted molar refractivity (Wildman–Crippen MR) is 69.7 cm³/mol. The van der Waals surface area contributed by atoms with E-state index in [1.165, 1.54) is 0 Å². The maximum atomic E-state index is 11.9. The molecular weight excluding hydrogens is 302 g/mol.